The summed E-state index contributed by atoms with van der Waals surface area (Å²) in [5.41, 5.74) is 0.745. The second-order valence-electron chi connectivity index (χ2n) is 5.44. The van der Waals surface area contributed by atoms with Crippen molar-refractivity contribution >= 4 is 0 Å². The van der Waals surface area contributed by atoms with E-state index in [4.69, 9.17) is 0 Å². The summed E-state index contributed by atoms with van der Waals surface area (Å²) in [6.07, 6.45) is 4.87. The normalized spacial score (nSPS) is 25.8. The first-order valence-corrected chi connectivity index (χ1v) is 7.04. The molecule has 1 aliphatic carbocycles. The van der Waals surface area contributed by atoms with Gasteiger partial charge < -0.3 is 20.6 Å². The second-order valence-corrected chi connectivity index (χ2v) is 5.44. The molecule has 106 valence electrons. The molecule has 0 spiro atoms. The van der Waals surface area contributed by atoms with Crippen molar-refractivity contribution in [3.8, 4) is 11.5 Å². The van der Waals surface area contributed by atoms with Gasteiger partial charge in [-0.05, 0) is 25.8 Å². The van der Waals surface area contributed by atoms with Gasteiger partial charge in [0.2, 0.25) is 0 Å². The van der Waals surface area contributed by atoms with Crippen LogP contribution in [0.15, 0.2) is 18.2 Å². The molecule has 1 saturated carbocycles. The summed E-state index contributed by atoms with van der Waals surface area (Å²) in [7, 11) is 0. The Bertz CT molecular complexity index is 422. The highest BCUT2D eigenvalue weighted by Crippen LogP contribution is 2.29. The predicted molar refractivity (Wildman–Crippen MR) is 74.2 cm³/mol. The minimum Gasteiger partial charge on any atom is -0.508 e. The molecule has 4 heteroatoms. The summed E-state index contributed by atoms with van der Waals surface area (Å²) >= 11 is 0. The predicted octanol–water partition coefficient (Wildman–Crippen LogP) is 2.44. The molecule has 0 amide bonds. The number of phenols is 2. The van der Waals surface area contributed by atoms with Crippen LogP contribution < -0.4 is 5.32 Å². The first-order valence-electron chi connectivity index (χ1n) is 7.04. The van der Waals surface area contributed by atoms with E-state index in [1.807, 2.05) is 6.92 Å². The molecule has 0 saturated heterocycles. The van der Waals surface area contributed by atoms with E-state index in [9.17, 15) is 15.3 Å². The van der Waals surface area contributed by atoms with Crippen molar-refractivity contribution in [1.82, 2.24) is 5.32 Å². The largest absolute Gasteiger partial charge is 0.508 e. The van der Waals surface area contributed by atoms with E-state index in [1.165, 1.54) is 12.5 Å². The van der Waals surface area contributed by atoms with Crippen LogP contribution in [-0.2, 0) is 0 Å². The van der Waals surface area contributed by atoms with Gasteiger partial charge in [0, 0.05) is 23.7 Å². The van der Waals surface area contributed by atoms with Gasteiger partial charge in [0.1, 0.15) is 11.5 Å². The van der Waals surface area contributed by atoms with Gasteiger partial charge in [-0.1, -0.05) is 25.3 Å². The zero-order valence-electron chi connectivity index (χ0n) is 11.3. The molecule has 4 N–H and O–H groups in total. The maximum absolute atomic E-state index is 10.1. The summed E-state index contributed by atoms with van der Waals surface area (Å²) in [4.78, 5) is 0. The lowest BCUT2D eigenvalue weighted by molar-refractivity contribution is 0.114. The molecule has 1 aromatic rings. The zero-order chi connectivity index (χ0) is 13.8. The van der Waals surface area contributed by atoms with E-state index >= 15 is 0 Å². The molecule has 0 bridgehead atoms. The molecule has 1 fully saturated rings. The van der Waals surface area contributed by atoms with E-state index < -0.39 is 0 Å². The molecule has 1 aromatic carbocycles. The topological polar surface area (TPSA) is 72.7 Å². The molecule has 1 aliphatic rings. The van der Waals surface area contributed by atoms with Gasteiger partial charge in [-0.25, -0.2) is 0 Å². The lowest BCUT2D eigenvalue weighted by atomic mass is 10.0. The Balaban J connectivity index is 2.04. The summed E-state index contributed by atoms with van der Waals surface area (Å²) in [5.74, 6) is 0.145. The molecule has 3 unspecified atom stereocenters. The fraction of sp³-hybridized carbons (Fsp3) is 0.600. The van der Waals surface area contributed by atoms with Crippen LogP contribution in [0.3, 0.4) is 0 Å². The number of aliphatic hydroxyl groups is 1. The Morgan fingerprint density at radius 1 is 1.16 bits per heavy atom. The second kappa shape index (κ2) is 6.26. The van der Waals surface area contributed by atoms with Crippen molar-refractivity contribution < 1.29 is 15.3 Å². The van der Waals surface area contributed by atoms with Crippen molar-refractivity contribution in [1.29, 1.82) is 0 Å². The number of aliphatic hydroxyl groups excluding tert-OH is 1. The van der Waals surface area contributed by atoms with E-state index in [0.29, 0.717) is 0 Å². The van der Waals surface area contributed by atoms with Crippen molar-refractivity contribution in [3.63, 3.8) is 0 Å². The first kappa shape index (κ1) is 14.2. The molecule has 0 heterocycles. The average Bonchev–Trinajstić information content (AvgIpc) is 2.55. The highest BCUT2D eigenvalue weighted by molar-refractivity contribution is 5.40. The Hall–Kier alpha value is -1.26. The Morgan fingerprint density at radius 2 is 1.89 bits per heavy atom. The number of phenolic OH excluding ortho intramolecular Hbond substituents is 2. The Morgan fingerprint density at radius 3 is 2.63 bits per heavy atom. The number of nitrogens with one attached hydrogen (secondary N) is 1. The van der Waals surface area contributed by atoms with Gasteiger partial charge in [-0.15, -0.1) is 0 Å². The number of aromatic hydroxyl groups is 2. The number of rotatable bonds is 3. The van der Waals surface area contributed by atoms with Gasteiger partial charge in [-0.3, -0.25) is 0 Å². The molecule has 0 radical (unpaired) electrons. The standard InChI is InChI=1S/C15H23NO3/c1-10(12-8-7-11(17)9-15(12)19)16-13-5-3-2-4-6-14(13)18/h7-10,13-14,16-19H,2-6H2,1H3. The van der Waals surface area contributed by atoms with Crippen molar-refractivity contribution in [3.05, 3.63) is 23.8 Å². The van der Waals surface area contributed by atoms with Crippen molar-refractivity contribution in [2.75, 3.05) is 0 Å². The molecular formula is C15H23NO3. The zero-order valence-corrected chi connectivity index (χ0v) is 11.3. The molecular weight excluding hydrogens is 242 g/mol. The lowest BCUT2D eigenvalue weighted by Gasteiger charge is -2.26. The molecule has 19 heavy (non-hydrogen) atoms. The third-order valence-electron chi connectivity index (χ3n) is 3.92. The summed E-state index contributed by atoms with van der Waals surface area (Å²) in [5, 5.41) is 32.6. The number of hydrogen-bond donors (Lipinski definition) is 4. The fourth-order valence-corrected chi connectivity index (χ4v) is 2.79. The summed E-state index contributed by atoms with van der Waals surface area (Å²) in [6, 6.07) is 4.64. The highest BCUT2D eigenvalue weighted by Gasteiger charge is 2.24. The van der Waals surface area contributed by atoms with E-state index in [2.05, 4.69) is 5.32 Å². The van der Waals surface area contributed by atoms with E-state index in [-0.39, 0.29) is 29.7 Å². The Kier molecular flexibility index (Phi) is 4.66. The molecule has 2 rings (SSSR count). The highest BCUT2D eigenvalue weighted by atomic mass is 16.3. The smallest absolute Gasteiger partial charge is 0.124 e. The SMILES string of the molecule is CC(NC1CCCCCC1O)c1ccc(O)cc1O. The van der Waals surface area contributed by atoms with Gasteiger partial charge in [-0.2, -0.15) is 0 Å². The van der Waals surface area contributed by atoms with Gasteiger partial charge in [0.05, 0.1) is 6.10 Å². The summed E-state index contributed by atoms with van der Waals surface area (Å²) < 4.78 is 0. The van der Waals surface area contributed by atoms with E-state index in [1.54, 1.807) is 12.1 Å². The lowest BCUT2D eigenvalue weighted by Crippen LogP contribution is -2.40. The van der Waals surface area contributed by atoms with Gasteiger partial charge >= 0.3 is 0 Å². The van der Waals surface area contributed by atoms with Crippen LogP contribution >= 0.6 is 0 Å². The Labute approximate surface area is 114 Å². The fourth-order valence-electron chi connectivity index (χ4n) is 2.79. The third kappa shape index (κ3) is 3.61. The molecule has 4 nitrogen and oxygen atoms in total. The minimum atomic E-state index is -0.316. The third-order valence-corrected chi connectivity index (χ3v) is 3.92. The van der Waals surface area contributed by atoms with Crippen molar-refractivity contribution in [2.45, 2.75) is 57.2 Å². The number of benzene rings is 1. The van der Waals surface area contributed by atoms with Crippen LogP contribution in [0.4, 0.5) is 0 Å². The van der Waals surface area contributed by atoms with Crippen LogP contribution in [-0.4, -0.2) is 27.5 Å². The van der Waals surface area contributed by atoms with Crippen LogP contribution in [0.25, 0.3) is 0 Å². The molecule has 0 aliphatic heterocycles. The van der Waals surface area contributed by atoms with Crippen LogP contribution in [0, 0.1) is 0 Å². The molecule has 3 atom stereocenters. The number of hydrogen-bond acceptors (Lipinski definition) is 4. The minimum absolute atomic E-state index is 0.0571. The van der Waals surface area contributed by atoms with Gasteiger partial charge in [0.25, 0.3) is 0 Å². The quantitative estimate of drug-likeness (QED) is 0.633. The monoisotopic (exact) mass is 265 g/mol. The maximum atomic E-state index is 10.1. The molecule has 0 aromatic heterocycles. The van der Waals surface area contributed by atoms with Crippen LogP contribution in [0.5, 0.6) is 11.5 Å². The van der Waals surface area contributed by atoms with Gasteiger partial charge in [0.15, 0.2) is 0 Å². The average molecular weight is 265 g/mol. The summed E-state index contributed by atoms with van der Waals surface area (Å²) in [6.45, 7) is 1.96. The first-order chi connectivity index (χ1) is 9.08. The van der Waals surface area contributed by atoms with E-state index in [0.717, 1.165) is 31.2 Å². The maximum Gasteiger partial charge on any atom is 0.124 e. The van der Waals surface area contributed by atoms with Crippen molar-refractivity contribution in [2.24, 2.45) is 0 Å². The van der Waals surface area contributed by atoms with Crippen LogP contribution in [0.1, 0.15) is 50.6 Å². The van der Waals surface area contributed by atoms with Crippen LogP contribution in [0.2, 0.25) is 0 Å².